The number of hydrogen-bond acceptors (Lipinski definition) is 4. The molecule has 0 atom stereocenters. The second-order valence-electron chi connectivity index (χ2n) is 2.44. The van der Waals surface area contributed by atoms with Gasteiger partial charge >= 0.3 is 5.97 Å². The minimum Gasteiger partial charge on any atom is -0.464 e. The first kappa shape index (κ1) is 8.64. The van der Waals surface area contributed by atoms with Crippen LogP contribution in [0.15, 0.2) is 6.20 Å². The third kappa shape index (κ3) is 1.58. The largest absolute Gasteiger partial charge is 0.464 e. The number of ether oxygens (including phenoxy) is 1. The lowest BCUT2D eigenvalue weighted by Gasteiger charge is -2.01. The number of aryl methyl sites for hydroxylation is 2. The van der Waals surface area contributed by atoms with Crippen LogP contribution in [0.2, 0.25) is 0 Å². The summed E-state index contributed by atoms with van der Waals surface area (Å²) in [4.78, 5) is 19.0. The van der Waals surface area contributed by atoms with E-state index >= 15 is 0 Å². The summed E-state index contributed by atoms with van der Waals surface area (Å²) in [6, 6.07) is 0. The van der Waals surface area contributed by atoms with Gasteiger partial charge < -0.3 is 4.74 Å². The van der Waals surface area contributed by atoms with E-state index in [9.17, 15) is 4.79 Å². The fourth-order valence-corrected chi connectivity index (χ4v) is 0.834. The molecule has 0 unspecified atom stereocenters. The maximum absolute atomic E-state index is 11.1. The Bertz CT molecular complexity index is 310. The highest BCUT2D eigenvalue weighted by atomic mass is 16.5. The van der Waals surface area contributed by atoms with Crippen molar-refractivity contribution in [2.75, 3.05) is 7.11 Å². The third-order valence-electron chi connectivity index (χ3n) is 1.47. The van der Waals surface area contributed by atoms with Crippen LogP contribution in [-0.4, -0.2) is 23.0 Å². The van der Waals surface area contributed by atoms with E-state index in [1.165, 1.54) is 7.11 Å². The first-order chi connectivity index (χ1) is 5.65. The lowest BCUT2D eigenvalue weighted by atomic mass is 10.2. The highest BCUT2D eigenvalue weighted by Crippen LogP contribution is 2.04. The summed E-state index contributed by atoms with van der Waals surface area (Å²) in [6.45, 7) is 3.50. The van der Waals surface area contributed by atoms with Crippen molar-refractivity contribution in [2.45, 2.75) is 13.8 Å². The average molecular weight is 166 g/mol. The summed E-state index contributed by atoms with van der Waals surface area (Å²) in [5.74, 6) is 0.152. The molecule has 0 N–H and O–H groups in total. The van der Waals surface area contributed by atoms with E-state index in [-0.39, 0.29) is 0 Å². The van der Waals surface area contributed by atoms with Gasteiger partial charge in [-0.1, -0.05) is 0 Å². The van der Waals surface area contributed by atoms with Crippen LogP contribution < -0.4 is 0 Å². The van der Waals surface area contributed by atoms with Gasteiger partial charge in [-0.25, -0.2) is 14.8 Å². The van der Waals surface area contributed by atoms with Crippen molar-refractivity contribution in [3.8, 4) is 0 Å². The molecule has 0 aliphatic carbocycles. The van der Waals surface area contributed by atoms with Gasteiger partial charge in [0.05, 0.1) is 7.11 Å². The minimum atomic E-state index is -0.419. The predicted octanol–water partition coefficient (Wildman–Crippen LogP) is 0.880. The molecule has 64 valence electrons. The van der Waals surface area contributed by atoms with Crippen LogP contribution in [-0.2, 0) is 4.74 Å². The summed E-state index contributed by atoms with van der Waals surface area (Å²) in [7, 11) is 1.33. The van der Waals surface area contributed by atoms with Crippen molar-refractivity contribution in [1.29, 1.82) is 0 Å². The Kier molecular flexibility index (Phi) is 2.38. The van der Waals surface area contributed by atoms with Gasteiger partial charge in [0.2, 0.25) is 0 Å². The Morgan fingerprint density at radius 2 is 2.17 bits per heavy atom. The Labute approximate surface area is 70.6 Å². The molecule has 1 heterocycles. The van der Waals surface area contributed by atoms with Gasteiger partial charge in [-0.05, 0) is 13.8 Å². The monoisotopic (exact) mass is 166 g/mol. The highest BCUT2D eigenvalue weighted by Gasteiger charge is 2.10. The number of carbonyl (C=O) groups is 1. The molecule has 0 amide bonds. The number of hydrogen-bond donors (Lipinski definition) is 0. The third-order valence-corrected chi connectivity index (χ3v) is 1.47. The zero-order chi connectivity index (χ0) is 9.14. The Hall–Kier alpha value is -1.45. The van der Waals surface area contributed by atoms with Crippen LogP contribution in [0.5, 0.6) is 0 Å². The van der Waals surface area contributed by atoms with Crippen LogP contribution in [0.1, 0.15) is 21.9 Å². The second kappa shape index (κ2) is 3.30. The van der Waals surface area contributed by atoms with Gasteiger partial charge in [-0.3, -0.25) is 0 Å². The van der Waals surface area contributed by atoms with Crippen molar-refractivity contribution in [3.05, 3.63) is 23.3 Å². The lowest BCUT2D eigenvalue weighted by Crippen LogP contribution is -2.08. The van der Waals surface area contributed by atoms with Gasteiger partial charge in [0.1, 0.15) is 5.82 Å². The van der Waals surface area contributed by atoms with E-state index in [0.29, 0.717) is 11.5 Å². The Morgan fingerprint density at radius 1 is 1.50 bits per heavy atom. The van der Waals surface area contributed by atoms with Crippen molar-refractivity contribution < 1.29 is 9.53 Å². The van der Waals surface area contributed by atoms with Gasteiger partial charge in [0.25, 0.3) is 0 Å². The number of methoxy groups -OCH3 is 1. The van der Waals surface area contributed by atoms with Crippen molar-refractivity contribution in [2.24, 2.45) is 0 Å². The van der Waals surface area contributed by atoms with Crippen molar-refractivity contribution >= 4 is 5.97 Å². The van der Waals surface area contributed by atoms with Crippen LogP contribution in [0.25, 0.3) is 0 Å². The molecule has 0 aliphatic rings. The highest BCUT2D eigenvalue weighted by molar-refractivity contribution is 5.88. The molecule has 0 spiro atoms. The van der Waals surface area contributed by atoms with Crippen LogP contribution in [0, 0.1) is 13.8 Å². The minimum absolute atomic E-state index is 0.338. The molecular weight excluding hydrogens is 156 g/mol. The first-order valence-corrected chi connectivity index (χ1v) is 3.53. The van der Waals surface area contributed by atoms with E-state index in [4.69, 9.17) is 0 Å². The van der Waals surface area contributed by atoms with Crippen LogP contribution >= 0.6 is 0 Å². The first-order valence-electron chi connectivity index (χ1n) is 3.53. The fraction of sp³-hybridized carbons (Fsp3) is 0.375. The van der Waals surface area contributed by atoms with E-state index in [0.717, 1.165) is 5.56 Å². The molecule has 0 saturated carbocycles. The molecule has 1 aromatic heterocycles. The lowest BCUT2D eigenvalue weighted by molar-refractivity contribution is 0.0592. The van der Waals surface area contributed by atoms with E-state index in [1.54, 1.807) is 20.0 Å². The second-order valence-corrected chi connectivity index (χ2v) is 2.44. The van der Waals surface area contributed by atoms with Gasteiger partial charge in [0, 0.05) is 11.8 Å². The predicted molar refractivity (Wildman–Crippen MR) is 42.8 cm³/mol. The number of aromatic nitrogens is 2. The number of nitrogens with zero attached hydrogens (tertiary/aromatic N) is 2. The van der Waals surface area contributed by atoms with Crippen LogP contribution in [0.4, 0.5) is 0 Å². The molecule has 0 aromatic carbocycles. The average Bonchev–Trinajstić information content (AvgIpc) is 2.08. The van der Waals surface area contributed by atoms with Gasteiger partial charge in [0.15, 0.2) is 5.69 Å². The smallest absolute Gasteiger partial charge is 0.357 e. The summed E-state index contributed by atoms with van der Waals surface area (Å²) in [5.41, 5.74) is 1.07. The molecule has 0 aliphatic heterocycles. The quantitative estimate of drug-likeness (QED) is 0.581. The Balaban J connectivity index is 3.13. The Morgan fingerprint density at radius 3 is 2.75 bits per heavy atom. The molecule has 0 radical (unpaired) electrons. The molecule has 12 heavy (non-hydrogen) atoms. The van der Waals surface area contributed by atoms with Crippen molar-refractivity contribution in [3.63, 3.8) is 0 Å². The molecule has 1 rings (SSSR count). The molecule has 0 saturated heterocycles. The molecule has 0 fully saturated rings. The van der Waals surface area contributed by atoms with Crippen molar-refractivity contribution in [1.82, 2.24) is 9.97 Å². The van der Waals surface area contributed by atoms with E-state index in [1.807, 2.05) is 0 Å². The van der Waals surface area contributed by atoms with Gasteiger partial charge in [-0.2, -0.15) is 0 Å². The molecule has 0 bridgehead atoms. The maximum atomic E-state index is 11.1. The standard InChI is InChI=1S/C8H10N2O2/c1-5-4-9-6(2)10-7(5)8(11)12-3/h4H,1-3H3. The molecular formula is C8H10N2O2. The zero-order valence-corrected chi connectivity index (χ0v) is 7.29. The summed E-state index contributed by atoms with van der Waals surface area (Å²) < 4.78 is 4.54. The number of esters is 1. The summed E-state index contributed by atoms with van der Waals surface area (Å²) >= 11 is 0. The number of carbonyl (C=O) groups excluding carboxylic acids is 1. The molecule has 4 nitrogen and oxygen atoms in total. The number of rotatable bonds is 1. The van der Waals surface area contributed by atoms with Crippen LogP contribution in [0.3, 0.4) is 0 Å². The maximum Gasteiger partial charge on any atom is 0.357 e. The SMILES string of the molecule is COC(=O)c1nc(C)ncc1C. The fourth-order valence-electron chi connectivity index (χ4n) is 0.834. The normalized spacial score (nSPS) is 9.58. The zero-order valence-electron chi connectivity index (χ0n) is 7.29. The summed E-state index contributed by atoms with van der Waals surface area (Å²) in [5, 5.41) is 0. The molecule has 1 aromatic rings. The topological polar surface area (TPSA) is 52.1 Å². The van der Waals surface area contributed by atoms with Gasteiger partial charge in [-0.15, -0.1) is 0 Å². The molecule has 4 heteroatoms. The van der Waals surface area contributed by atoms with E-state index < -0.39 is 5.97 Å². The summed E-state index contributed by atoms with van der Waals surface area (Å²) in [6.07, 6.45) is 1.61. The van der Waals surface area contributed by atoms with E-state index in [2.05, 4.69) is 14.7 Å².